The lowest BCUT2D eigenvalue weighted by Crippen LogP contribution is -2.47. The lowest BCUT2D eigenvalue weighted by Gasteiger charge is -2.21. The van der Waals surface area contributed by atoms with E-state index in [-0.39, 0.29) is 12.8 Å². The van der Waals surface area contributed by atoms with Crippen molar-refractivity contribution in [3.63, 3.8) is 0 Å². The first-order chi connectivity index (χ1) is 5.64. The van der Waals surface area contributed by atoms with Crippen molar-refractivity contribution in [2.24, 2.45) is 5.41 Å². The molecule has 2 amide bonds. The molecular formula is C7H5N3O2. The van der Waals surface area contributed by atoms with E-state index in [1.54, 1.807) is 12.1 Å². The van der Waals surface area contributed by atoms with Gasteiger partial charge in [-0.2, -0.15) is 10.5 Å². The van der Waals surface area contributed by atoms with Crippen LogP contribution in [-0.2, 0) is 9.59 Å². The Morgan fingerprint density at radius 1 is 1.33 bits per heavy atom. The third kappa shape index (κ3) is 1.02. The summed E-state index contributed by atoms with van der Waals surface area (Å²) in [4.78, 5) is 21.7. The summed E-state index contributed by atoms with van der Waals surface area (Å²) in [6, 6.07) is 3.22. The van der Waals surface area contributed by atoms with E-state index >= 15 is 0 Å². The highest BCUT2D eigenvalue weighted by Crippen LogP contribution is 2.25. The van der Waals surface area contributed by atoms with Gasteiger partial charge in [-0.15, -0.1) is 0 Å². The molecule has 0 saturated carbocycles. The van der Waals surface area contributed by atoms with Gasteiger partial charge in [-0.1, -0.05) is 0 Å². The molecule has 0 aliphatic carbocycles. The van der Waals surface area contributed by atoms with Crippen LogP contribution < -0.4 is 5.32 Å². The third-order valence-corrected chi connectivity index (χ3v) is 1.75. The van der Waals surface area contributed by atoms with Gasteiger partial charge in [0.05, 0.1) is 12.1 Å². The van der Waals surface area contributed by atoms with Crippen LogP contribution >= 0.6 is 0 Å². The minimum absolute atomic E-state index is 0.00926. The summed E-state index contributed by atoms with van der Waals surface area (Å²) in [5, 5.41) is 19.1. The third-order valence-electron chi connectivity index (χ3n) is 1.75. The predicted octanol–water partition coefficient (Wildman–Crippen LogP) is -0.543. The molecule has 1 aliphatic rings. The van der Waals surface area contributed by atoms with Gasteiger partial charge in [0.2, 0.25) is 11.3 Å². The average Bonchev–Trinajstić information content (AvgIpc) is 2.06. The van der Waals surface area contributed by atoms with Crippen LogP contribution in [0.15, 0.2) is 0 Å². The number of nitriles is 2. The molecule has 12 heavy (non-hydrogen) atoms. The Labute approximate surface area is 68.6 Å². The standard InChI is InChI=1S/C7H5N3O2/c8-3-7(4-9)2-1-5(11)10-6(7)12/h1-2H2,(H,10,11,12). The number of nitrogens with one attached hydrogen (secondary N) is 1. The molecule has 1 rings (SSSR count). The molecule has 0 unspecified atom stereocenters. The first-order valence-electron chi connectivity index (χ1n) is 3.31. The number of carbonyl (C=O) groups excluding carboxylic acids is 2. The van der Waals surface area contributed by atoms with Crippen molar-refractivity contribution < 1.29 is 9.59 Å². The molecule has 5 heteroatoms. The van der Waals surface area contributed by atoms with Crippen LogP contribution in [0, 0.1) is 28.1 Å². The van der Waals surface area contributed by atoms with E-state index in [0.717, 1.165) is 0 Å². The normalized spacial score (nSPS) is 20.5. The van der Waals surface area contributed by atoms with Gasteiger partial charge >= 0.3 is 0 Å². The fraction of sp³-hybridized carbons (Fsp3) is 0.429. The number of hydrogen-bond donors (Lipinski definition) is 1. The van der Waals surface area contributed by atoms with Gasteiger partial charge < -0.3 is 0 Å². The van der Waals surface area contributed by atoms with E-state index < -0.39 is 17.2 Å². The molecule has 0 atom stereocenters. The van der Waals surface area contributed by atoms with Crippen LogP contribution in [0.25, 0.3) is 0 Å². The van der Waals surface area contributed by atoms with Gasteiger partial charge in [0.25, 0.3) is 5.91 Å². The SMILES string of the molecule is N#CC1(C#N)CCC(=O)NC1=O. The molecule has 60 valence electrons. The maximum atomic E-state index is 11.0. The monoisotopic (exact) mass is 163 g/mol. The molecule has 0 aromatic heterocycles. The summed E-state index contributed by atoms with van der Waals surface area (Å²) in [7, 11) is 0. The Morgan fingerprint density at radius 2 is 1.92 bits per heavy atom. The number of piperidine rings is 1. The highest BCUT2D eigenvalue weighted by atomic mass is 16.2. The Kier molecular flexibility index (Phi) is 1.80. The quantitative estimate of drug-likeness (QED) is 0.485. The van der Waals surface area contributed by atoms with Gasteiger partial charge in [0.1, 0.15) is 0 Å². The predicted molar refractivity (Wildman–Crippen MR) is 36.0 cm³/mol. The smallest absolute Gasteiger partial charge is 0.261 e. The van der Waals surface area contributed by atoms with E-state index in [9.17, 15) is 9.59 Å². The summed E-state index contributed by atoms with van der Waals surface area (Å²) in [5.74, 6) is -1.23. The molecule has 0 radical (unpaired) electrons. The second-order valence-corrected chi connectivity index (χ2v) is 2.51. The average molecular weight is 163 g/mol. The maximum Gasteiger partial charge on any atom is 0.261 e. The number of amides is 2. The van der Waals surface area contributed by atoms with Crippen LogP contribution in [0.1, 0.15) is 12.8 Å². The highest BCUT2D eigenvalue weighted by molar-refractivity contribution is 6.03. The van der Waals surface area contributed by atoms with Crippen LogP contribution in [0.5, 0.6) is 0 Å². The Balaban J connectivity index is 2.97. The highest BCUT2D eigenvalue weighted by Gasteiger charge is 2.43. The van der Waals surface area contributed by atoms with Crippen molar-refractivity contribution in [3.8, 4) is 12.1 Å². The fourth-order valence-corrected chi connectivity index (χ4v) is 0.949. The molecule has 1 saturated heterocycles. The van der Waals surface area contributed by atoms with Gasteiger partial charge in [-0.05, 0) is 6.42 Å². The molecule has 1 N–H and O–H groups in total. The van der Waals surface area contributed by atoms with E-state index in [4.69, 9.17) is 10.5 Å². The molecule has 1 heterocycles. The zero-order valence-corrected chi connectivity index (χ0v) is 6.13. The second-order valence-electron chi connectivity index (χ2n) is 2.51. The van der Waals surface area contributed by atoms with Crippen LogP contribution in [0.2, 0.25) is 0 Å². The van der Waals surface area contributed by atoms with E-state index in [0.29, 0.717) is 0 Å². The topological polar surface area (TPSA) is 93.8 Å². The molecule has 1 fully saturated rings. The van der Waals surface area contributed by atoms with Gasteiger partial charge in [-0.25, -0.2) is 0 Å². The van der Waals surface area contributed by atoms with Crippen molar-refractivity contribution in [1.29, 1.82) is 10.5 Å². The second kappa shape index (κ2) is 2.63. The lowest BCUT2D eigenvalue weighted by atomic mass is 9.83. The molecule has 5 nitrogen and oxygen atoms in total. The first-order valence-corrected chi connectivity index (χ1v) is 3.31. The summed E-state index contributed by atoms with van der Waals surface area (Å²) < 4.78 is 0. The Bertz CT molecular complexity index is 307. The number of rotatable bonds is 0. The van der Waals surface area contributed by atoms with Crippen molar-refractivity contribution in [3.05, 3.63) is 0 Å². The van der Waals surface area contributed by atoms with E-state index in [1.807, 2.05) is 5.32 Å². The lowest BCUT2D eigenvalue weighted by molar-refractivity contribution is -0.137. The fourth-order valence-electron chi connectivity index (χ4n) is 0.949. The van der Waals surface area contributed by atoms with Crippen molar-refractivity contribution in [2.75, 3.05) is 0 Å². The zero-order valence-electron chi connectivity index (χ0n) is 6.13. The molecule has 0 aromatic carbocycles. The number of nitrogens with zero attached hydrogens (tertiary/aromatic N) is 2. The van der Waals surface area contributed by atoms with Crippen LogP contribution in [0.3, 0.4) is 0 Å². The molecule has 0 spiro atoms. The Morgan fingerprint density at radius 3 is 2.33 bits per heavy atom. The molecule has 1 aliphatic heterocycles. The minimum Gasteiger partial charge on any atom is -0.294 e. The van der Waals surface area contributed by atoms with Gasteiger partial charge in [0, 0.05) is 6.42 Å². The zero-order chi connectivity index (χ0) is 9.19. The first kappa shape index (κ1) is 8.22. The van der Waals surface area contributed by atoms with Crippen LogP contribution in [0.4, 0.5) is 0 Å². The summed E-state index contributed by atoms with van der Waals surface area (Å²) in [6.07, 6.45) is 0.0392. The van der Waals surface area contributed by atoms with Crippen LogP contribution in [-0.4, -0.2) is 11.8 Å². The van der Waals surface area contributed by atoms with Crippen molar-refractivity contribution in [1.82, 2.24) is 5.32 Å². The van der Waals surface area contributed by atoms with Crippen molar-refractivity contribution >= 4 is 11.8 Å². The van der Waals surface area contributed by atoms with E-state index in [2.05, 4.69) is 0 Å². The maximum absolute atomic E-state index is 11.0. The summed E-state index contributed by atoms with van der Waals surface area (Å²) in [6.45, 7) is 0. The van der Waals surface area contributed by atoms with Gasteiger partial charge in [-0.3, -0.25) is 14.9 Å². The molecule has 0 bridgehead atoms. The summed E-state index contributed by atoms with van der Waals surface area (Å²) >= 11 is 0. The summed E-state index contributed by atoms with van der Waals surface area (Å²) in [5.41, 5.74) is -1.66. The number of imide groups is 1. The van der Waals surface area contributed by atoms with Gasteiger partial charge in [0.15, 0.2) is 0 Å². The van der Waals surface area contributed by atoms with Crippen molar-refractivity contribution in [2.45, 2.75) is 12.8 Å². The van der Waals surface area contributed by atoms with E-state index in [1.165, 1.54) is 0 Å². The largest absolute Gasteiger partial charge is 0.294 e. The molecule has 0 aromatic rings. The molecular weight excluding hydrogens is 158 g/mol. The number of carbonyl (C=O) groups is 2. The minimum atomic E-state index is -1.66. The Hall–Kier alpha value is -1.88. The number of hydrogen-bond acceptors (Lipinski definition) is 4.